The molecule has 1 N–H and O–H groups in total. The van der Waals surface area contributed by atoms with Crippen LogP contribution >= 0.6 is 0 Å². The molecule has 0 saturated carbocycles. The molecule has 5 nitrogen and oxygen atoms in total. The molecule has 1 heterocycles. The van der Waals surface area contributed by atoms with Crippen molar-refractivity contribution in [2.24, 2.45) is 4.99 Å². The molecule has 1 amide bonds. The van der Waals surface area contributed by atoms with Gasteiger partial charge in [0.15, 0.2) is 0 Å². The number of carbonyl (C=O) groups excluding carboxylic acids is 2. The Morgan fingerprint density at radius 1 is 1.10 bits per heavy atom. The van der Waals surface area contributed by atoms with Crippen molar-refractivity contribution in [3.05, 3.63) is 76.9 Å². The molecule has 1 aliphatic heterocycles. The van der Waals surface area contributed by atoms with Crippen molar-refractivity contribution < 1.29 is 14.3 Å². The molecule has 0 unspecified atom stereocenters. The highest BCUT2D eigenvalue weighted by atomic mass is 16.5. The molecule has 0 bridgehead atoms. The average Bonchev–Trinajstić information content (AvgIpc) is 3.02. The number of hydrogen-bond donors (Lipinski definition) is 1. The summed E-state index contributed by atoms with van der Waals surface area (Å²) in [5.41, 5.74) is 4.69. The van der Waals surface area contributed by atoms with Gasteiger partial charge in [-0.25, -0.2) is 0 Å². The van der Waals surface area contributed by atoms with Crippen LogP contribution in [0.1, 0.15) is 47.7 Å². The highest BCUT2D eigenvalue weighted by Gasteiger charge is 2.17. The third-order valence-electron chi connectivity index (χ3n) is 4.93. The Balaban J connectivity index is 2.07. The number of aldehydes is 1. The van der Waals surface area contributed by atoms with Crippen LogP contribution in [0.25, 0.3) is 11.3 Å². The number of unbranched alkanes of at least 4 members (excludes halogenated alkanes) is 1. The number of nitrogens with one attached hydrogen (secondary N) is 1. The second-order valence-corrected chi connectivity index (χ2v) is 7.03. The molecule has 5 heteroatoms. The van der Waals surface area contributed by atoms with Gasteiger partial charge in [0.1, 0.15) is 12.0 Å². The van der Waals surface area contributed by atoms with Crippen LogP contribution in [-0.4, -0.2) is 32.1 Å². The fourth-order valence-corrected chi connectivity index (χ4v) is 3.20. The molecule has 0 aromatic heterocycles. The first-order valence-corrected chi connectivity index (χ1v) is 10.1. The quantitative estimate of drug-likeness (QED) is 0.514. The first-order valence-electron chi connectivity index (χ1n) is 10.1. The number of hydrogen-bond acceptors (Lipinski definition) is 4. The lowest BCUT2D eigenvalue weighted by Gasteiger charge is -2.11. The first kappa shape index (κ1) is 21.2. The summed E-state index contributed by atoms with van der Waals surface area (Å²) in [4.78, 5) is 28.4. The molecule has 0 radical (unpaired) electrons. The number of methoxy groups -OCH3 is 1. The van der Waals surface area contributed by atoms with Gasteiger partial charge < -0.3 is 10.1 Å². The summed E-state index contributed by atoms with van der Waals surface area (Å²) in [7, 11) is 1.63. The van der Waals surface area contributed by atoms with Crippen LogP contribution in [0, 0.1) is 0 Å². The summed E-state index contributed by atoms with van der Waals surface area (Å²) in [6.07, 6.45) is 6.92. The number of amides is 1. The van der Waals surface area contributed by atoms with E-state index in [0.29, 0.717) is 24.1 Å². The van der Waals surface area contributed by atoms with E-state index >= 15 is 0 Å². The fraction of sp³-hybridized carbons (Fsp3) is 0.240. The molecule has 2 aromatic carbocycles. The van der Waals surface area contributed by atoms with E-state index in [1.807, 2.05) is 42.5 Å². The maximum atomic E-state index is 12.7. The van der Waals surface area contributed by atoms with Crippen molar-refractivity contribution in [2.45, 2.75) is 26.2 Å². The van der Waals surface area contributed by atoms with Crippen LogP contribution in [0.15, 0.2) is 65.2 Å². The van der Waals surface area contributed by atoms with E-state index in [2.05, 4.69) is 12.2 Å². The largest absolute Gasteiger partial charge is 0.497 e. The van der Waals surface area contributed by atoms with Gasteiger partial charge in [-0.3, -0.25) is 14.6 Å². The Kier molecular flexibility index (Phi) is 7.33. The van der Waals surface area contributed by atoms with Gasteiger partial charge in [-0.15, -0.1) is 0 Å². The van der Waals surface area contributed by atoms with Crippen LogP contribution in [0.3, 0.4) is 0 Å². The standard InChI is InChI=1S/C25H26N2O3/c1-3-4-14-27-25(29)21-13-15-26-24(20-9-11-22(30-2)12-10-20)23(16-21)19-7-5-18(17-28)6-8-19/h5-12,15-17H,3-4,13-14H2,1-2H3,(H,27,29). The molecule has 0 saturated heterocycles. The third-order valence-corrected chi connectivity index (χ3v) is 4.93. The second kappa shape index (κ2) is 10.3. The van der Waals surface area contributed by atoms with Gasteiger partial charge in [-0.1, -0.05) is 37.6 Å². The molecule has 154 valence electrons. The predicted octanol–water partition coefficient (Wildman–Crippen LogP) is 4.69. The molecule has 2 aromatic rings. The Bertz CT molecular complexity index is 984. The van der Waals surface area contributed by atoms with E-state index in [1.165, 1.54) is 0 Å². The molecule has 0 spiro atoms. The summed E-state index contributed by atoms with van der Waals surface area (Å²) in [5.74, 6) is 0.688. The minimum Gasteiger partial charge on any atom is -0.497 e. The van der Waals surface area contributed by atoms with Gasteiger partial charge in [-0.05, 0) is 42.3 Å². The third kappa shape index (κ3) is 5.11. The molecule has 3 rings (SSSR count). The number of aliphatic imine (C=N–C) groups is 1. The zero-order valence-electron chi connectivity index (χ0n) is 17.4. The normalized spacial score (nSPS) is 13.5. The van der Waals surface area contributed by atoms with Crippen molar-refractivity contribution >= 4 is 29.7 Å². The molecule has 0 aliphatic carbocycles. The lowest BCUT2D eigenvalue weighted by atomic mass is 9.96. The average molecular weight is 402 g/mol. The number of carbonyl (C=O) groups is 2. The van der Waals surface area contributed by atoms with Crippen LogP contribution in [0.4, 0.5) is 0 Å². The van der Waals surface area contributed by atoms with Gasteiger partial charge in [0, 0.05) is 41.5 Å². The molecule has 0 fully saturated rings. The Morgan fingerprint density at radius 3 is 2.43 bits per heavy atom. The summed E-state index contributed by atoms with van der Waals surface area (Å²) in [5, 5.41) is 2.99. The van der Waals surface area contributed by atoms with E-state index in [4.69, 9.17) is 9.73 Å². The van der Waals surface area contributed by atoms with Crippen molar-refractivity contribution in [1.29, 1.82) is 0 Å². The van der Waals surface area contributed by atoms with E-state index in [-0.39, 0.29) is 5.91 Å². The molecule has 30 heavy (non-hydrogen) atoms. The first-order chi connectivity index (χ1) is 14.7. The number of ether oxygens (including phenoxy) is 1. The molecule has 1 aliphatic rings. The number of nitrogens with zero attached hydrogens (tertiary/aromatic N) is 1. The lowest BCUT2D eigenvalue weighted by molar-refractivity contribution is -0.117. The molecule has 0 atom stereocenters. The summed E-state index contributed by atoms with van der Waals surface area (Å²) < 4.78 is 5.26. The van der Waals surface area contributed by atoms with Crippen LogP contribution in [0.2, 0.25) is 0 Å². The highest BCUT2D eigenvalue weighted by molar-refractivity contribution is 6.06. The molecular formula is C25H26N2O3. The Morgan fingerprint density at radius 2 is 1.80 bits per heavy atom. The van der Waals surface area contributed by atoms with E-state index in [0.717, 1.165) is 47.3 Å². The topological polar surface area (TPSA) is 67.8 Å². The van der Waals surface area contributed by atoms with E-state index in [9.17, 15) is 9.59 Å². The van der Waals surface area contributed by atoms with E-state index < -0.39 is 0 Å². The van der Waals surface area contributed by atoms with Gasteiger partial charge in [0.2, 0.25) is 5.91 Å². The highest BCUT2D eigenvalue weighted by Crippen LogP contribution is 2.32. The van der Waals surface area contributed by atoms with Crippen LogP contribution in [-0.2, 0) is 4.79 Å². The van der Waals surface area contributed by atoms with Crippen LogP contribution in [0.5, 0.6) is 5.75 Å². The maximum absolute atomic E-state index is 12.7. The molecular weight excluding hydrogens is 376 g/mol. The summed E-state index contributed by atoms with van der Waals surface area (Å²) >= 11 is 0. The number of benzene rings is 2. The summed E-state index contributed by atoms with van der Waals surface area (Å²) in [6.45, 7) is 2.75. The van der Waals surface area contributed by atoms with Crippen LogP contribution < -0.4 is 10.1 Å². The summed E-state index contributed by atoms with van der Waals surface area (Å²) in [6, 6.07) is 15.0. The van der Waals surface area contributed by atoms with Crippen molar-refractivity contribution in [1.82, 2.24) is 5.32 Å². The van der Waals surface area contributed by atoms with Gasteiger partial charge in [-0.2, -0.15) is 0 Å². The van der Waals surface area contributed by atoms with Gasteiger partial charge >= 0.3 is 0 Å². The number of rotatable bonds is 8. The lowest BCUT2D eigenvalue weighted by Crippen LogP contribution is -2.26. The van der Waals surface area contributed by atoms with Gasteiger partial charge in [0.05, 0.1) is 12.8 Å². The SMILES string of the molecule is CCCCNC(=O)C1=CC(c2ccc(C=O)cc2)=C(c2ccc(OC)cc2)N=CC1. The smallest absolute Gasteiger partial charge is 0.247 e. The maximum Gasteiger partial charge on any atom is 0.247 e. The Hall–Kier alpha value is -3.47. The van der Waals surface area contributed by atoms with Crippen molar-refractivity contribution in [3.8, 4) is 5.75 Å². The monoisotopic (exact) mass is 402 g/mol. The predicted molar refractivity (Wildman–Crippen MR) is 121 cm³/mol. The van der Waals surface area contributed by atoms with Gasteiger partial charge in [0.25, 0.3) is 0 Å². The minimum atomic E-state index is -0.0760. The number of allylic oxidation sites excluding steroid dienone is 2. The second-order valence-electron chi connectivity index (χ2n) is 7.03. The van der Waals surface area contributed by atoms with Crippen molar-refractivity contribution in [2.75, 3.05) is 13.7 Å². The zero-order chi connectivity index (χ0) is 21.3. The minimum absolute atomic E-state index is 0.0760. The zero-order valence-corrected chi connectivity index (χ0v) is 17.4. The van der Waals surface area contributed by atoms with Crippen molar-refractivity contribution in [3.63, 3.8) is 0 Å². The van der Waals surface area contributed by atoms with E-state index in [1.54, 1.807) is 25.5 Å². The fourth-order valence-electron chi connectivity index (χ4n) is 3.20. The Labute approximate surface area is 177 Å².